The maximum atomic E-state index is 11.5. The largest absolute Gasteiger partial charge is 0.481 e. The number of ether oxygens (including phenoxy) is 1. The Hall–Kier alpha value is -1.91. The average molecular weight is 262 g/mol. The SMILES string of the molecule is Cc1ccnc(OCCC2(C(=O)O)CC=CCC2)n1. The minimum Gasteiger partial charge on any atom is -0.481 e. The highest BCUT2D eigenvalue weighted by atomic mass is 16.5. The highest BCUT2D eigenvalue weighted by Gasteiger charge is 2.37. The molecule has 5 nitrogen and oxygen atoms in total. The van der Waals surface area contributed by atoms with Crippen molar-refractivity contribution in [2.75, 3.05) is 6.61 Å². The molecule has 102 valence electrons. The van der Waals surface area contributed by atoms with E-state index in [-0.39, 0.29) is 0 Å². The van der Waals surface area contributed by atoms with Gasteiger partial charge in [0.25, 0.3) is 0 Å². The Bertz CT molecular complexity index is 487. The number of allylic oxidation sites excluding steroid dienone is 2. The van der Waals surface area contributed by atoms with Gasteiger partial charge in [-0.15, -0.1) is 0 Å². The summed E-state index contributed by atoms with van der Waals surface area (Å²) in [5, 5.41) is 9.41. The van der Waals surface area contributed by atoms with E-state index < -0.39 is 11.4 Å². The van der Waals surface area contributed by atoms with E-state index in [1.54, 1.807) is 12.3 Å². The van der Waals surface area contributed by atoms with Gasteiger partial charge in [-0.2, -0.15) is 0 Å². The van der Waals surface area contributed by atoms with Gasteiger partial charge in [0, 0.05) is 11.9 Å². The molecular weight excluding hydrogens is 244 g/mol. The molecule has 0 aliphatic heterocycles. The first kappa shape index (κ1) is 13.5. The molecular formula is C14H18N2O3. The Kier molecular flexibility index (Phi) is 4.14. The molecule has 0 aromatic carbocycles. The molecule has 0 spiro atoms. The average Bonchev–Trinajstić information content (AvgIpc) is 2.40. The van der Waals surface area contributed by atoms with Crippen molar-refractivity contribution in [3.05, 3.63) is 30.1 Å². The van der Waals surface area contributed by atoms with E-state index in [1.165, 1.54) is 0 Å². The number of aryl methyl sites for hydroxylation is 1. The van der Waals surface area contributed by atoms with E-state index >= 15 is 0 Å². The lowest BCUT2D eigenvalue weighted by Crippen LogP contribution is -2.33. The van der Waals surface area contributed by atoms with E-state index in [2.05, 4.69) is 9.97 Å². The van der Waals surface area contributed by atoms with Gasteiger partial charge >= 0.3 is 12.0 Å². The molecule has 1 N–H and O–H groups in total. The number of hydrogen-bond donors (Lipinski definition) is 1. The molecule has 1 unspecified atom stereocenters. The second-order valence-electron chi connectivity index (χ2n) is 4.88. The molecule has 2 rings (SSSR count). The van der Waals surface area contributed by atoms with Crippen molar-refractivity contribution >= 4 is 5.97 Å². The quantitative estimate of drug-likeness (QED) is 0.825. The second kappa shape index (κ2) is 5.82. The lowest BCUT2D eigenvalue weighted by molar-refractivity contribution is -0.150. The van der Waals surface area contributed by atoms with Crippen LogP contribution in [0.2, 0.25) is 0 Å². The first-order valence-electron chi connectivity index (χ1n) is 6.43. The van der Waals surface area contributed by atoms with Crippen LogP contribution in [0.25, 0.3) is 0 Å². The fourth-order valence-electron chi connectivity index (χ4n) is 2.25. The number of aromatic nitrogens is 2. The summed E-state index contributed by atoms with van der Waals surface area (Å²) in [5.41, 5.74) is 0.136. The third-order valence-electron chi connectivity index (χ3n) is 3.50. The van der Waals surface area contributed by atoms with Gasteiger partial charge in [0.15, 0.2) is 0 Å². The van der Waals surface area contributed by atoms with Crippen molar-refractivity contribution < 1.29 is 14.6 Å². The van der Waals surface area contributed by atoms with Crippen molar-refractivity contribution in [1.29, 1.82) is 0 Å². The third-order valence-corrected chi connectivity index (χ3v) is 3.50. The molecule has 0 radical (unpaired) electrons. The number of carbonyl (C=O) groups is 1. The molecule has 1 heterocycles. The Balaban J connectivity index is 1.93. The van der Waals surface area contributed by atoms with Crippen LogP contribution in [-0.2, 0) is 4.79 Å². The highest BCUT2D eigenvalue weighted by Crippen LogP contribution is 2.36. The lowest BCUT2D eigenvalue weighted by Gasteiger charge is -2.30. The van der Waals surface area contributed by atoms with E-state index in [4.69, 9.17) is 4.74 Å². The Morgan fingerprint density at radius 1 is 1.53 bits per heavy atom. The Labute approximate surface area is 112 Å². The molecule has 19 heavy (non-hydrogen) atoms. The summed E-state index contributed by atoms with van der Waals surface area (Å²) < 4.78 is 5.46. The number of nitrogens with zero attached hydrogens (tertiary/aromatic N) is 2. The predicted molar refractivity (Wildman–Crippen MR) is 69.9 cm³/mol. The standard InChI is InChI=1S/C14H18N2O3/c1-11-5-9-15-13(16-11)19-10-8-14(12(17)18)6-3-2-4-7-14/h2-3,5,9H,4,6-8,10H2,1H3,(H,17,18). The van der Waals surface area contributed by atoms with Gasteiger partial charge in [-0.05, 0) is 38.7 Å². The molecule has 0 saturated heterocycles. The van der Waals surface area contributed by atoms with E-state index in [0.717, 1.165) is 12.1 Å². The van der Waals surface area contributed by atoms with Gasteiger partial charge in [0.2, 0.25) is 0 Å². The van der Waals surface area contributed by atoms with Gasteiger partial charge in [0.05, 0.1) is 12.0 Å². The van der Waals surface area contributed by atoms with Crippen LogP contribution in [-0.4, -0.2) is 27.7 Å². The number of carboxylic acids is 1. The van der Waals surface area contributed by atoms with Crippen molar-refractivity contribution in [3.63, 3.8) is 0 Å². The maximum Gasteiger partial charge on any atom is 0.316 e. The van der Waals surface area contributed by atoms with Crippen LogP contribution < -0.4 is 4.74 Å². The first-order chi connectivity index (χ1) is 9.12. The molecule has 1 aromatic heterocycles. The number of aliphatic carboxylic acids is 1. The van der Waals surface area contributed by atoms with Crippen LogP contribution in [0.4, 0.5) is 0 Å². The van der Waals surface area contributed by atoms with Crippen molar-refractivity contribution in [3.8, 4) is 6.01 Å². The zero-order valence-corrected chi connectivity index (χ0v) is 11.0. The molecule has 0 fully saturated rings. The Morgan fingerprint density at radius 3 is 3.00 bits per heavy atom. The number of carboxylic acid groups (broad SMARTS) is 1. The zero-order chi connectivity index (χ0) is 13.7. The molecule has 5 heteroatoms. The van der Waals surface area contributed by atoms with Gasteiger partial charge in [-0.3, -0.25) is 4.79 Å². The summed E-state index contributed by atoms with van der Waals surface area (Å²) >= 11 is 0. The molecule has 0 amide bonds. The van der Waals surface area contributed by atoms with Gasteiger partial charge in [-0.25, -0.2) is 9.97 Å². The molecule has 1 atom stereocenters. The lowest BCUT2D eigenvalue weighted by atomic mass is 9.75. The van der Waals surface area contributed by atoms with Crippen LogP contribution in [0.15, 0.2) is 24.4 Å². The summed E-state index contributed by atoms with van der Waals surface area (Å²) in [6.45, 7) is 2.18. The van der Waals surface area contributed by atoms with E-state index in [1.807, 2.05) is 19.1 Å². The first-order valence-corrected chi connectivity index (χ1v) is 6.43. The second-order valence-corrected chi connectivity index (χ2v) is 4.88. The Morgan fingerprint density at radius 2 is 2.37 bits per heavy atom. The molecule has 1 aliphatic rings. The fourth-order valence-corrected chi connectivity index (χ4v) is 2.25. The smallest absolute Gasteiger partial charge is 0.316 e. The van der Waals surface area contributed by atoms with Crippen LogP contribution in [0.1, 0.15) is 31.4 Å². The van der Waals surface area contributed by atoms with Gasteiger partial charge in [-0.1, -0.05) is 12.2 Å². The topological polar surface area (TPSA) is 72.3 Å². The van der Waals surface area contributed by atoms with Crippen molar-refractivity contribution in [2.24, 2.45) is 5.41 Å². The summed E-state index contributed by atoms with van der Waals surface area (Å²) in [4.78, 5) is 19.6. The van der Waals surface area contributed by atoms with Gasteiger partial charge < -0.3 is 9.84 Å². The van der Waals surface area contributed by atoms with Crippen molar-refractivity contribution in [2.45, 2.75) is 32.6 Å². The summed E-state index contributed by atoms with van der Waals surface area (Å²) in [6, 6.07) is 2.10. The molecule has 1 aliphatic carbocycles. The fraction of sp³-hybridized carbons (Fsp3) is 0.500. The molecule has 0 bridgehead atoms. The van der Waals surface area contributed by atoms with Crippen LogP contribution in [0.3, 0.4) is 0 Å². The van der Waals surface area contributed by atoms with E-state index in [0.29, 0.717) is 31.9 Å². The van der Waals surface area contributed by atoms with E-state index in [9.17, 15) is 9.90 Å². The number of rotatable bonds is 5. The monoisotopic (exact) mass is 262 g/mol. The summed E-state index contributed by atoms with van der Waals surface area (Å²) in [7, 11) is 0. The predicted octanol–water partition coefficient (Wildman–Crippen LogP) is 2.37. The van der Waals surface area contributed by atoms with Crippen LogP contribution >= 0.6 is 0 Å². The van der Waals surface area contributed by atoms with Crippen molar-refractivity contribution in [1.82, 2.24) is 9.97 Å². The van der Waals surface area contributed by atoms with Gasteiger partial charge in [0.1, 0.15) is 0 Å². The highest BCUT2D eigenvalue weighted by molar-refractivity contribution is 5.75. The zero-order valence-electron chi connectivity index (χ0n) is 11.0. The van der Waals surface area contributed by atoms with Crippen LogP contribution in [0.5, 0.6) is 6.01 Å². The normalized spacial score (nSPS) is 22.2. The van der Waals surface area contributed by atoms with Crippen LogP contribution in [0, 0.1) is 12.3 Å². The minimum absolute atomic E-state index is 0.312. The maximum absolute atomic E-state index is 11.5. The summed E-state index contributed by atoms with van der Waals surface area (Å²) in [5.74, 6) is -0.745. The molecule has 1 aromatic rings. The third kappa shape index (κ3) is 3.30. The minimum atomic E-state index is -0.745. The number of hydrogen-bond acceptors (Lipinski definition) is 4. The molecule has 0 saturated carbocycles. The summed E-state index contributed by atoms with van der Waals surface area (Å²) in [6.07, 6.45) is 8.13.